The molecule has 0 spiro atoms. The molecule has 0 saturated heterocycles. The summed E-state index contributed by atoms with van der Waals surface area (Å²) in [7, 11) is 0. The van der Waals surface area contributed by atoms with Crippen molar-refractivity contribution < 1.29 is 4.79 Å². The maximum atomic E-state index is 12.7. The predicted molar refractivity (Wildman–Crippen MR) is 109 cm³/mol. The van der Waals surface area contributed by atoms with E-state index in [4.69, 9.17) is 10.7 Å². The van der Waals surface area contributed by atoms with E-state index >= 15 is 0 Å². The molecule has 3 N–H and O–H groups in total. The highest BCUT2D eigenvalue weighted by Crippen LogP contribution is 2.39. The van der Waals surface area contributed by atoms with Crippen LogP contribution in [0.2, 0.25) is 0 Å². The second kappa shape index (κ2) is 5.95. The molecule has 0 fully saturated rings. The highest BCUT2D eigenvalue weighted by Gasteiger charge is 2.33. The molecule has 1 amide bonds. The lowest BCUT2D eigenvalue weighted by Crippen LogP contribution is -2.14. The van der Waals surface area contributed by atoms with Crippen molar-refractivity contribution in [3.63, 3.8) is 0 Å². The summed E-state index contributed by atoms with van der Waals surface area (Å²) in [5.74, 6) is -0.455. The summed E-state index contributed by atoms with van der Waals surface area (Å²) in [6.45, 7) is 0. The third kappa shape index (κ3) is 2.62. The number of benzene rings is 3. The first-order valence-electron chi connectivity index (χ1n) is 8.85. The van der Waals surface area contributed by atoms with Crippen molar-refractivity contribution in [2.75, 3.05) is 11.1 Å². The summed E-state index contributed by atoms with van der Waals surface area (Å²) in [4.78, 5) is 17.4. The van der Waals surface area contributed by atoms with Crippen molar-refractivity contribution >= 4 is 28.2 Å². The fourth-order valence-corrected chi connectivity index (χ4v) is 3.70. The lowest BCUT2D eigenvalue weighted by molar-refractivity contribution is -0.116. The van der Waals surface area contributed by atoms with E-state index in [1.54, 1.807) is 0 Å². The number of pyridine rings is 1. The Morgan fingerprint density at radius 3 is 2.59 bits per heavy atom. The zero-order chi connectivity index (χ0) is 18.4. The number of nitrogens with two attached hydrogens (primary N) is 1. The van der Waals surface area contributed by atoms with Crippen molar-refractivity contribution in [3.8, 4) is 11.1 Å². The first-order valence-corrected chi connectivity index (χ1v) is 8.85. The molecule has 0 radical (unpaired) electrons. The minimum absolute atomic E-state index is 0.0440. The number of nitrogens with one attached hydrogen (secondary N) is 1. The van der Waals surface area contributed by atoms with Crippen molar-refractivity contribution in [3.05, 3.63) is 90.1 Å². The fraction of sp³-hybridized carbons (Fsp3) is 0.0435. The van der Waals surface area contributed by atoms with E-state index < -0.39 is 5.92 Å². The number of para-hydroxylation sites is 1. The van der Waals surface area contributed by atoms with Gasteiger partial charge in [-0.25, -0.2) is 0 Å². The van der Waals surface area contributed by atoms with Crippen molar-refractivity contribution in [2.45, 2.75) is 5.92 Å². The number of hydrogen-bond donors (Lipinski definition) is 2. The maximum absolute atomic E-state index is 12.7. The van der Waals surface area contributed by atoms with Crippen molar-refractivity contribution in [1.82, 2.24) is 4.98 Å². The van der Waals surface area contributed by atoms with Crippen LogP contribution in [0.3, 0.4) is 0 Å². The summed E-state index contributed by atoms with van der Waals surface area (Å²) in [5, 5.41) is 4.04. The van der Waals surface area contributed by atoms with E-state index in [-0.39, 0.29) is 5.91 Å². The summed E-state index contributed by atoms with van der Waals surface area (Å²) in [6.07, 6.45) is 0. The predicted octanol–water partition coefficient (Wildman–Crippen LogP) is 4.57. The summed E-state index contributed by atoms with van der Waals surface area (Å²) < 4.78 is 0. The van der Waals surface area contributed by atoms with E-state index in [9.17, 15) is 4.79 Å². The van der Waals surface area contributed by atoms with Gasteiger partial charge in [-0.2, -0.15) is 0 Å². The van der Waals surface area contributed by atoms with Gasteiger partial charge in [-0.15, -0.1) is 0 Å². The lowest BCUT2D eigenvalue weighted by Gasteiger charge is -2.11. The number of carbonyl (C=O) groups is 1. The van der Waals surface area contributed by atoms with Crippen LogP contribution in [0.5, 0.6) is 0 Å². The molecule has 2 heterocycles. The van der Waals surface area contributed by atoms with Gasteiger partial charge in [-0.3, -0.25) is 9.78 Å². The Bertz CT molecular complexity index is 1200. The number of aromatic nitrogens is 1. The monoisotopic (exact) mass is 351 g/mol. The quantitative estimate of drug-likeness (QED) is 0.520. The number of amides is 1. The normalized spacial score (nSPS) is 15.6. The zero-order valence-electron chi connectivity index (χ0n) is 14.5. The molecule has 1 aromatic heterocycles. The van der Waals surface area contributed by atoms with E-state index in [1.807, 2.05) is 72.8 Å². The van der Waals surface area contributed by atoms with Crippen molar-refractivity contribution in [2.24, 2.45) is 0 Å². The molecule has 1 unspecified atom stereocenters. The number of hydrogen-bond acceptors (Lipinski definition) is 3. The average molecular weight is 351 g/mol. The van der Waals surface area contributed by atoms with E-state index in [1.165, 1.54) is 0 Å². The molecule has 3 aromatic carbocycles. The van der Waals surface area contributed by atoms with Crippen LogP contribution in [-0.2, 0) is 4.79 Å². The van der Waals surface area contributed by atoms with E-state index in [0.717, 1.165) is 44.7 Å². The number of anilines is 2. The Balaban J connectivity index is 1.63. The van der Waals surface area contributed by atoms with Crippen LogP contribution in [0.4, 0.5) is 11.4 Å². The van der Waals surface area contributed by atoms with Crippen LogP contribution in [0, 0.1) is 0 Å². The number of rotatable bonds is 2. The van der Waals surface area contributed by atoms with Gasteiger partial charge in [0.15, 0.2) is 0 Å². The largest absolute Gasteiger partial charge is 0.399 e. The number of nitrogens with zero attached hydrogens (tertiary/aromatic N) is 1. The second-order valence-electron chi connectivity index (χ2n) is 6.78. The molecular weight excluding hydrogens is 334 g/mol. The Hall–Kier alpha value is -3.66. The van der Waals surface area contributed by atoms with Gasteiger partial charge in [0, 0.05) is 16.8 Å². The summed E-state index contributed by atoms with van der Waals surface area (Å²) >= 11 is 0. The molecular formula is C23H17N3O. The van der Waals surface area contributed by atoms with E-state index in [2.05, 4.69) is 11.4 Å². The van der Waals surface area contributed by atoms with Crippen LogP contribution >= 0.6 is 0 Å². The molecule has 27 heavy (non-hydrogen) atoms. The minimum Gasteiger partial charge on any atom is -0.399 e. The first kappa shape index (κ1) is 15.6. The molecule has 5 rings (SSSR count). The van der Waals surface area contributed by atoms with Gasteiger partial charge >= 0.3 is 0 Å². The van der Waals surface area contributed by atoms with Crippen LogP contribution in [-0.4, -0.2) is 10.9 Å². The summed E-state index contributed by atoms with van der Waals surface area (Å²) in [6, 6.07) is 25.7. The van der Waals surface area contributed by atoms with Gasteiger partial charge in [-0.1, -0.05) is 42.5 Å². The molecule has 1 aliphatic rings. The summed E-state index contributed by atoms with van der Waals surface area (Å²) in [5.41, 5.74) is 12.1. The smallest absolute Gasteiger partial charge is 0.238 e. The number of carbonyl (C=O) groups excluding carboxylic acids is 1. The first-order chi connectivity index (χ1) is 13.2. The molecule has 1 atom stereocenters. The topological polar surface area (TPSA) is 68.0 Å². The van der Waals surface area contributed by atoms with E-state index in [0.29, 0.717) is 0 Å². The van der Waals surface area contributed by atoms with Crippen LogP contribution < -0.4 is 11.1 Å². The van der Waals surface area contributed by atoms with Gasteiger partial charge in [0.1, 0.15) is 5.92 Å². The molecule has 0 aliphatic carbocycles. The number of fused-ring (bicyclic) bond motifs is 2. The van der Waals surface area contributed by atoms with Crippen molar-refractivity contribution in [1.29, 1.82) is 0 Å². The zero-order valence-corrected chi connectivity index (χ0v) is 14.5. The Morgan fingerprint density at radius 1 is 0.852 bits per heavy atom. The second-order valence-corrected chi connectivity index (χ2v) is 6.78. The Labute approximate surface area is 156 Å². The van der Waals surface area contributed by atoms with Gasteiger partial charge in [0.2, 0.25) is 5.91 Å². The molecule has 4 nitrogen and oxygen atoms in total. The SMILES string of the molecule is Nc1cccc(-c2ccc3c(c2)C(c2ccc4ccccc4n2)C(=O)N3)c1. The van der Waals surface area contributed by atoms with Crippen LogP contribution in [0.15, 0.2) is 78.9 Å². The average Bonchev–Trinajstić information content (AvgIpc) is 3.02. The van der Waals surface area contributed by atoms with Crippen LogP contribution in [0.1, 0.15) is 17.2 Å². The highest BCUT2D eigenvalue weighted by molar-refractivity contribution is 6.05. The third-order valence-corrected chi connectivity index (χ3v) is 5.02. The standard InChI is InChI=1S/C23H17N3O/c24-17-6-3-5-15(12-17)16-9-10-20-18(13-16)22(23(27)26-20)21-11-8-14-4-1-2-7-19(14)25-21/h1-13,22H,24H2,(H,26,27). The maximum Gasteiger partial charge on any atom is 0.238 e. The molecule has 130 valence electrons. The Kier molecular flexibility index (Phi) is 3.44. The molecule has 4 heteroatoms. The van der Waals surface area contributed by atoms with Crippen LogP contribution in [0.25, 0.3) is 22.0 Å². The minimum atomic E-state index is -0.411. The van der Waals surface area contributed by atoms with Gasteiger partial charge in [0.25, 0.3) is 0 Å². The molecule has 0 saturated carbocycles. The Morgan fingerprint density at radius 2 is 1.70 bits per heavy atom. The van der Waals surface area contributed by atoms with Gasteiger partial charge < -0.3 is 11.1 Å². The third-order valence-electron chi connectivity index (χ3n) is 5.02. The molecule has 4 aromatic rings. The highest BCUT2D eigenvalue weighted by atomic mass is 16.2. The molecule has 1 aliphatic heterocycles. The fourth-order valence-electron chi connectivity index (χ4n) is 3.70. The number of nitrogen functional groups attached to an aromatic ring is 1. The lowest BCUT2D eigenvalue weighted by atomic mass is 9.93. The molecule has 0 bridgehead atoms. The van der Waals surface area contributed by atoms with Gasteiger partial charge in [-0.05, 0) is 53.1 Å². The van der Waals surface area contributed by atoms with Gasteiger partial charge in [0.05, 0.1) is 11.2 Å².